The molecule has 26 heavy (non-hydrogen) atoms. The largest absolute Gasteiger partial charge is 0.467 e. The maximum atomic E-state index is 12.9. The Morgan fingerprint density at radius 1 is 1.19 bits per heavy atom. The Hall–Kier alpha value is -2.89. The van der Waals surface area contributed by atoms with Crippen LogP contribution in [-0.4, -0.2) is 39.6 Å². The van der Waals surface area contributed by atoms with E-state index in [1.807, 2.05) is 18.7 Å². The first-order chi connectivity index (χ1) is 12.5. The summed E-state index contributed by atoms with van der Waals surface area (Å²) in [6, 6.07) is 8.57. The van der Waals surface area contributed by atoms with E-state index in [1.54, 1.807) is 30.3 Å². The zero-order chi connectivity index (χ0) is 18.4. The van der Waals surface area contributed by atoms with Crippen LogP contribution in [0, 0.1) is 0 Å². The van der Waals surface area contributed by atoms with Crippen LogP contribution in [0.4, 0.5) is 0 Å². The van der Waals surface area contributed by atoms with Gasteiger partial charge in [0.2, 0.25) is 0 Å². The molecule has 1 aromatic heterocycles. The number of imide groups is 1. The van der Waals surface area contributed by atoms with Crippen molar-refractivity contribution in [3.05, 3.63) is 59.0 Å². The van der Waals surface area contributed by atoms with Crippen molar-refractivity contribution in [2.24, 2.45) is 0 Å². The minimum absolute atomic E-state index is 0.0861. The molecular formula is C20H20N2O4. The van der Waals surface area contributed by atoms with Gasteiger partial charge < -0.3 is 9.32 Å². The average Bonchev–Trinajstić information content (AvgIpc) is 3.25. The lowest BCUT2D eigenvalue weighted by Crippen LogP contribution is -2.38. The smallest absolute Gasteiger partial charge is 0.261 e. The highest BCUT2D eigenvalue weighted by Gasteiger charge is 2.38. The van der Waals surface area contributed by atoms with Crippen LogP contribution < -0.4 is 0 Å². The predicted octanol–water partition coefficient (Wildman–Crippen LogP) is 3.09. The number of carbonyl (C=O) groups excluding carboxylic acids is 3. The summed E-state index contributed by atoms with van der Waals surface area (Å²) in [5, 5.41) is 0. The van der Waals surface area contributed by atoms with E-state index in [9.17, 15) is 14.4 Å². The number of carbonyl (C=O) groups is 3. The zero-order valence-corrected chi connectivity index (χ0v) is 14.8. The first-order valence-electron chi connectivity index (χ1n) is 8.82. The van der Waals surface area contributed by atoms with Gasteiger partial charge in [-0.25, -0.2) is 0 Å². The van der Waals surface area contributed by atoms with Crippen LogP contribution in [0.3, 0.4) is 0 Å². The number of benzene rings is 1. The van der Waals surface area contributed by atoms with Gasteiger partial charge in [-0.05, 0) is 57.0 Å². The van der Waals surface area contributed by atoms with Crippen LogP contribution in [0.2, 0.25) is 0 Å². The molecule has 4 rings (SSSR count). The molecule has 0 unspecified atom stereocenters. The van der Waals surface area contributed by atoms with Gasteiger partial charge >= 0.3 is 0 Å². The fourth-order valence-corrected chi connectivity index (χ4v) is 3.45. The molecule has 2 heterocycles. The number of rotatable bonds is 5. The minimum Gasteiger partial charge on any atom is -0.467 e. The van der Waals surface area contributed by atoms with Gasteiger partial charge in [0, 0.05) is 17.6 Å². The minimum atomic E-state index is -0.390. The van der Waals surface area contributed by atoms with Crippen LogP contribution in [0.5, 0.6) is 0 Å². The molecule has 134 valence electrons. The van der Waals surface area contributed by atoms with Gasteiger partial charge in [0.25, 0.3) is 17.7 Å². The Labute approximate surface area is 151 Å². The lowest BCUT2D eigenvalue weighted by molar-refractivity contribution is 0.0630. The quantitative estimate of drug-likeness (QED) is 0.775. The Morgan fingerprint density at radius 2 is 1.92 bits per heavy atom. The SMILES string of the molecule is CC(C)N(C(=O)c1ccc2c(c1)C(=O)N(Cc1ccco1)C2=O)C1CC1. The van der Waals surface area contributed by atoms with Crippen LogP contribution in [-0.2, 0) is 6.54 Å². The first kappa shape index (κ1) is 16.6. The number of fused-ring (bicyclic) bond motifs is 1. The summed E-state index contributed by atoms with van der Waals surface area (Å²) in [6.45, 7) is 4.07. The van der Waals surface area contributed by atoms with Gasteiger partial charge in [0.05, 0.1) is 23.9 Å². The third-order valence-corrected chi connectivity index (χ3v) is 4.84. The molecule has 0 atom stereocenters. The average molecular weight is 352 g/mol. The predicted molar refractivity (Wildman–Crippen MR) is 93.7 cm³/mol. The Kier molecular flexibility index (Phi) is 3.90. The van der Waals surface area contributed by atoms with Crippen LogP contribution in [0.25, 0.3) is 0 Å². The molecular weight excluding hydrogens is 332 g/mol. The van der Waals surface area contributed by atoms with Gasteiger partial charge in [-0.3, -0.25) is 19.3 Å². The molecule has 1 aliphatic heterocycles. The van der Waals surface area contributed by atoms with Gasteiger partial charge in [0.1, 0.15) is 5.76 Å². The van der Waals surface area contributed by atoms with E-state index in [0.29, 0.717) is 16.9 Å². The van der Waals surface area contributed by atoms with Crippen molar-refractivity contribution in [3.63, 3.8) is 0 Å². The standard InChI is InChI=1S/C20H20N2O4/c1-12(2)22(14-6-7-14)18(23)13-5-8-16-17(10-13)20(25)21(19(16)24)11-15-4-3-9-26-15/h3-5,8-10,12,14H,6-7,11H2,1-2H3. The molecule has 0 spiro atoms. The van der Waals surface area contributed by atoms with Gasteiger partial charge in [-0.15, -0.1) is 0 Å². The molecule has 2 aliphatic rings. The Bertz CT molecular complexity index is 879. The topological polar surface area (TPSA) is 70.8 Å². The fraction of sp³-hybridized carbons (Fsp3) is 0.350. The third-order valence-electron chi connectivity index (χ3n) is 4.84. The molecule has 6 nitrogen and oxygen atoms in total. The first-order valence-corrected chi connectivity index (χ1v) is 8.82. The molecule has 0 N–H and O–H groups in total. The summed E-state index contributed by atoms with van der Waals surface area (Å²) in [6.07, 6.45) is 3.54. The van der Waals surface area contributed by atoms with Crippen LogP contribution in [0.15, 0.2) is 41.0 Å². The maximum absolute atomic E-state index is 12.9. The molecule has 1 aromatic carbocycles. The van der Waals surface area contributed by atoms with Crippen LogP contribution in [0.1, 0.15) is 63.5 Å². The molecule has 2 aromatic rings. The van der Waals surface area contributed by atoms with Crippen molar-refractivity contribution in [1.82, 2.24) is 9.80 Å². The Morgan fingerprint density at radius 3 is 2.54 bits per heavy atom. The van der Waals surface area contributed by atoms with Gasteiger partial charge in [-0.1, -0.05) is 0 Å². The van der Waals surface area contributed by atoms with Gasteiger partial charge in [0.15, 0.2) is 0 Å². The Balaban J connectivity index is 1.62. The number of amides is 3. The van der Waals surface area contributed by atoms with Gasteiger partial charge in [-0.2, -0.15) is 0 Å². The highest BCUT2D eigenvalue weighted by molar-refractivity contribution is 6.22. The van der Waals surface area contributed by atoms with Crippen molar-refractivity contribution < 1.29 is 18.8 Å². The summed E-state index contributed by atoms with van der Waals surface area (Å²) >= 11 is 0. The molecule has 0 bridgehead atoms. The number of hydrogen-bond donors (Lipinski definition) is 0. The highest BCUT2D eigenvalue weighted by Crippen LogP contribution is 2.31. The lowest BCUT2D eigenvalue weighted by Gasteiger charge is -2.26. The second kappa shape index (κ2) is 6.12. The van der Waals surface area contributed by atoms with Crippen molar-refractivity contribution >= 4 is 17.7 Å². The summed E-state index contributed by atoms with van der Waals surface area (Å²) in [5.41, 5.74) is 1.07. The van der Waals surface area contributed by atoms with Crippen LogP contribution >= 0.6 is 0 Å². The monoisotopic (exact) mass is 352 g/mol. The summed E-state index contributed by atoms with van der Waals surface area (Å²) in [4.78, 5) is 41.2. The molecule has 6 heteroatoms. The second-order valence-electron chi connectivity index (χ2n) is 7.07. The van der Waals surface area contributed by atoms with E-state index in [-0.39, 0.29) is 36.0 Å². The van der Waals surface area contributed by atoms with Crippen molar-refractivity contribution in [2.45, 2.75) is 45.3 Å². The van der Waals surface area contributed by atoms with E-state index in [0.717, 1.165) is 17.7 Å². The van der Waals surface area contributed by atoms with Crippen molar-refractivity contribution in [3.8, 4) is 0 Å². The van der Waals surface area contributed by atoms with E-state index in [4.69, 9.17) is 4.42 Å². The van der Waals surface area contributed by atoms with E-state index in [2.05, 4.69) is 0 Å². The number of nitrogens with zero attached hydrogens (tertiary/aromatic N) is 2. The molecule has 3 amide bonds. The summed E-state index contributed by atoms with van der Waals surface area (Å²) in [5.74, 6) is -0.299. The van der Waals surface area contributed by atoms with E-state index < -0.39 is 5.91 Å². The molecule has 0 radical (unpaired) electrons. The lowest BCUT2D eigenvalue weighted by atomic mass is 10.0. The number of hydrogen-bond acceptors (Lipinski definition) is 4. The van der Waals surface area contributed by atoms with E-state index >= 15 is 0 Å². The summed E-state index contributed by atoms with van der Waals surface area (Å²) in [7, 11) is 0. The second-order valence-corrected chi connectivity index (χ2v) is 7.07. The zero-order valence-electron chi connectivity index (χ0n) is 14.8. The van der Waals surface area contributed by atoms with Crippen molar-refractivity contribution in [2.75, 3.05) is 0 Å². The molecule has 1 fully saturated rings. The van der Waals surface area contributed by atoms with Crippen molar-refractivity contribution in [1.29, 1.82) is 0 Å². The fourth-order valence-electron chi connectivity index (χ4n) is 3.45. The maximum Gasteiger partial charge on any atom is 0.261 e. The molecule has 1 saturated carbocycles. The number of furan rings is 1. The normalized spacial score (nSPS) is 16.3. The highest BCUT2D eigenvalue weighted by atomic mass is 16.3. The molecule has 0 saturated heterocycles. The molecule has 1 aliphatic carbocycles. The summed E-state index contributed by atoms with van der Waals surface area (Å²) < 4.78 is 5.24. The van der Waals surface area contributed by atoms with E-state index in [1.165, 1.54) is 6.26 Å². The third kappa shape index (κ3) is 2.71.